The fraction of sp³-hybridized carbons (Fsp3) is 0.636. The Hall–Kier alpha value is -1.32. The topological polar surface area (TPSA) is 69.2 Å². The molecule has 0 amide bonds. The average molecular weight is 251 g/mol. The van der Waals surface area contributed by atoms with Gasteiger partial charge in [0.2, 0.25) is 0 Å². The first-order valence-electron chi connectivity index (χ1n) is 5.70. The number of piperidine rings is 1. The number of anilines is 2. The molecule has 0 saturated carbocycles. The summed E-state index contributed by atoms with van der Waals surface area (Å²) in [5, 5.41) is 9.99. The number of aromatic nitrogens is 1. The number of nitrogens with two attached hydrogens (primary N) is 1. The van der Waals surface area contributed by atoms with Gasteiger partial charge in [-0.1, -0.05) is 0 Å². The minimum Gasteiger partial charge on any atom is -0.382 e. The first kappa shape index (κ1) is 12.1. The van der Waals surface area contributed by atoms with Crippen LogP contribution in [-0.4, -0.2) is 42.5 Å². The van der Waals surface area contributed by atoms with E-state index in [0.29, 0.717) is 17.4 Å². The third kappa shape index (κ3) is 2.35. The second-order valence-electron chi connectivity index (χ2n) is 4.54. The van der Waals surface area contributed by atoms with E-state index in [4.69, 9.17) is 11.0 Å². The van der Waals surface area contributed by atoms with E-state index in [1.54, 1.807) is 0 Å². The predicted molar refractivity (Wildman–Crippen MR) is 70.2 cm³/mol. The van der Waals surface area contributed by atoms with Crippen molar-refractivity contribution in [3.05, 3.63) is 5.56 Å². The van der Waals surface area contributed by atoms with Crippen molar-refractivity contribution in [3.8, 4) is 6.07 Å². The molecule has 1 fully saturated rings. The molecule has 92 valence electrons. The predicted octanol–water partition coefficient (Wildman–Crippen LogP) is 1.13. The molecule has 1 saturated heterocycles. The van der Waals surface area contributed by atoms with E-state index >= 15 is 0 Å². The lowest BCUT2D eigenvalue weighted by atomic mass is 10.0. The Balaban J connectivity index is 2.08. The largest absolute Gasteiger partial charge is 0.382 e. The highest BCUT2D eigenvalue weighted by Gasteiger charge is 2.24. The SMILES string of the molecule is CN(C)C1CCN(c2snc(N)c2C#N)CC1. The van der Waals surface area contributed by atoms with Crippen molar-refractivity contribution in [1.82, 2.24) is 9.27 Å². The smallest absolute Gasteiger partial charge is 0.157 e. The molecule has 0 unspecified atom stereocenters. The number of hydrogen-bond acceptors (Lipinski definition) is 6. The summed E-state index contributed by atoms with van der Waals surface area (Å²) in [5.74, 6) is 0.363. The lowest BCUT2D eigenvalue weighted by molar-refractivity contribution is 0.250. The maximum absolute atomic E-state index is 9.06. The molecule has 0 spiro atoms. The summed E-state index contributed by atoms with van der Waals surface area (Å²) in [6, 6.07) is 2.79. The minimum atomic E-state index is 0.363. The van der Waals surface area contributed by atoms with E-state index in [-0.39, 0.29) is 0 Å². The highest BCUT2D eigenvalue weighted by Crippen LogP contribution is 2.32. The zero-order valence-electron chi connectivity index (χ0n) is 10.2. The van der Waals surface area contributed by atoms with Crippen molar-refractivity contribution < 1.29 is 0 Å². The van der Waals surface area contributed by atoms with Crippen molar-refractivity contribution in [2.45, 2.75) is 18.9 Å². The van der Waals surface area contributed by atoms with Crippen molar-refractivity contribution in [2.24, 2.45) is 0 Å². The Morgan fingerprint density at radius 3 is 2.65 bits per heavy atom. The molecule has 2 heterocycles. The maximum atomic E-state index is 9.06. The lowest BCUT2D eigenvalue weighted by Crippen LogP contribution is -2.41. The molecule has 0 bridgehead atoms. The van der Waals surface area contributed by atoms with Crippen LogP contribution in [0.3, 0.4) is 0 Å². The molecule has 5 nitrogen and oxygen atoms in total. The molecule has 0 aromatic carbocycles. The van der Waals surface area contributed by atoms with E-state index in [9.17, 15) is 0 Å². The molecule has 1 aromatic heterocycles. The third-order valence-corrected chi connectivity index (χ3v) is 4.22. The summed E-state index contributed by atoms with van der Waals surface area (Å²) in [4.78, 5) is 4.50. The molecule has 2 N–H and O–H groups in total. The zero-order valence-corrected chi connectivity index (χ0v) is 11.0. The van der Waals surface area contributed by atoms with Gasteiger partial charge in [0, 0.05) is 19.1 Å². The van der Waals surface area contributed by atoms with Gasteiger partial charge in [0.1, 0.15) is 16.6 Å². The minimum absolute atomic E-state index is 0.363. The van der Waals surface area contributed by atoms with Gasteiger partial charge in [0.05, 0.1) is 0 Å². The number of nitrogen functional groups attached to an aromatic ring is 1. The van der Waals surface area contributed by atoms with Gasteiger partial charge < -0.3 is 15.5 Å². The summed E-state index contributed by atoms with van der Waals surface area (Å²) in [7, 11) is 4.23. The number of nitrogens with zero attached hydrogens (tertiary/aromatic N) is 4. The van der Waals surface area contributed by atoms with Gasteiger partial charge in [-0.05, 0) is 38.5 Å². The van der Waals surface area contributed by atoms with Crippen LogP contribution in [0.15, 0.2) is 0 Å². The van der Waals surface area contributed by atoms with Gasteiger partial charge >= 0.3 is 0 Å². The normalized spacial score (nSPS) is 17.4. The van der Waals surface area contributed by atoms with Gasteiger partial charge in [-0.2, -0.15) is 9.64 Å². The van der Waals surface area contributed by atoms with Crippen LogP contribution in [0.2, 0.25) is 0 Å². The first-order chi connectivity index (χ1) is 8.13. The Morgan fingerprint density at radius 1 is 1.47 bits per heavy atom. The van der Waals surface area contributed by atoms with Gasteiger partial charge in [0.25, 0.3) is 0 Å². The summed E-state index contributed by atoms with van der Waals surface area (Å²) >= 11 is 1.33. The van der Waals surface area contributed by atoms with Crippen LogP contribution in [0.4, 0.5) is 10.8 Å². The van der Waals surface area contributed by atoms with E-state index in [0.717, 1.165) is 30.9 Å². The van der Waals surface area contributed by atoms with Crippen LogP contribution >= 0.6 is 11.5 Å². The number of rotatable bonds is 2. The highest BCUT2D eigenvalue weighted by atomic mass is 32.1. The monoisotopic (exact) mass is 251 g/mol. The fourth-order valence-corrected chi connectivity index (χ4v) is 3.02. The Morgan fingerprint density at radius 2 is 2.12 bits per heavy atom. The third-order valence-electron chi connectivity index (χ3n) is 3.29. The van der Waals surface area contributed by atoms with Crippen LogP contribution in [0.5, 0.6) is 0 Å². The highest BCUT2D eigenvalue weighted by molar-refractivity contribution is 7.10. The van der Waals surface area contributed by atoms with Gasteiger partial charge in [0.15, 0.2) is 5.82 Å². The molecule has 1 aliphatic rings. The van der Waals surface area contributed by atoms with Crippen LogP contribution in [0, 0.1) is 11.3 Å². The van der Waals surface area contributed by atoms with Crippen LogP contribution in [0.25, 0.3) is 0 Å². The fourth-order valence-electron chi connectivity index (χ4n) is 2.20. The Labute approximate surface area is 106 Å². The second kappa shape index (κ2) is 4.90. The van der Waals surface area contributed by atoms with Crippen LogP contribution in [0.1, 0.15) is 18.4 Å². The summed E-state index contributed by atoms with van der Waals surface area (Å²) in [6.45, 7) is 1.94. The van der Waals surface area contributed by atoms with E-state index in [1.165, 1.54) is 11.5 Å². The van der Waals surface area contributed by atoms with Crippen molar-refractivity contribution in [3.63, 3.8) is 0 Å². The summed E-state index contributed by atoms with van der Waals surface area (Å²) < 4.78 is 4.06. The Bertz CT molecular complexity index is 426. The molecular formula is C11H17N5S. The number of nitriles is 1. The molecule has 2 rings (SSSR count). The summed E-state index contributed by atoms with van der Waals surface area (Å²) in [5.41, 5.74) is 6.22. The van der Waals surface area contributed by atoms with Crippen molar-refractivity contribution >= 4 is 22.4 Å². The molecule has 0 aliphatic carbocycles. The molecule has 0 radical (unpaired) electrons. The van der Waals surface area contributed by atoms with Crippen molar-refractivity contribution in [1.29, 1.82) is 5.26 Å². The molecule has 1 aromatic rings. The van der Waals surface area contributed by atoms with E-state index in [2.05, 4.69) is 34.3 Å². The average Bonchev–Trinajstić information content (AvgIpc) is 2.70. The molecule has 6 heteroatoms. The second-order valence-corrected chi connectivity index (χ2v) is 5.29. The number of hydrogen-bond donors (Lipinski definition) is 1. The first-order valence-corrected chi connectivity index (χ1v) is 6.47. The van der Waals surface area contributed by atoms with Crippen molar-refractivity contribution in [2.75, 3.05) is 37.8 Å². The standard InChI is InChI=1S/C11H17N5S/c1-15(2)8-3-5-16(6-4-8)11-9(7-12)10(13)14-17-11/h8H,3-6H2,1-2H3,(H2,13,14). The lowest BCUT2D eigenvalue weighted by Gasteiger charge is -2.35. The Kier molecular flexibility index (Phi) is 3.50. The van der Waals surface area contributed by atoms with Gasteiger partial charge in [-0.3, -0.25) is 0 Å². The maximum Gasteiger partial charge on any atom is 0.157 e. The molecule has 1 aliphatic heterocycles. The summed E-state index contributed by atoms with van der Waals surface area (Å²) in [6.07, 6.45) is 2.24. The van der Waals surface area contributed by atoms with Gasteiger partial charge in [-0.25, -0.2) is 0 Å². The van der Waals surface area contributed by atoms with Crippen LogP contribution in [-0.2, 0) is 0 Å². The van der Waals surface area contributed by atoms with Crippen LogP contribution < -0.4 is 10.6 Å². The molecule has 0 atom stereocenters. The van der Waals surface area contributed by atoms with E-state index < -0.39 is 0 Å². The molecular weight excluding hydrogens is 234 g/mol. The van der Waals surface area contributed by atoms with E-state index in [1.807, 2.05) is 0 Å². The van der Waals surface area contributed by atoms with Gasteiger partial charge in [-0.15, -0.1) is 0 Å². The zero-order chi connectivity index (χ0) is 12.4. The quantitative estimate of drug-likeness (QED) is 0.853. The molecule has 17 heavy (non-hydrogen) atoms.